The highest BCUT2D eigenvalue weighted by atomic mass is 16.6. The molecule has 2 aromatic rings. The zero-order chi connectivity index (χ0) is 29.7. The normalized spacial score (nSPS) is 11.9. The Labute approximate surface area is 238 Å². The maximum absolute atomic E-state index is 12.8. The third-order valence-corrected chi connectivity index (χ3v) is 5.53. The number of hydrogen-bond acceptors (Lipinski definition) is 9. The van der Waals surface area contributed by atoms with E-state index >= 15 is 0 Å². The lowest BCUT2D eigenvalue weighted by Gasteiger charge is -2.19. The molecule has 0 radical (unpaired) electrons. The molecular weight excluding hydrogens is 536 g/mol. The minimum absolute atomic E-state index is 0.0278. The Bertz CT molecular complexity index is 1060. The molecule has 2 aromatic carbocycles. The number of unbranched alkanes of at least 4 members (excludes halogenated alkanes) is 1. The van der Waals surface area contributed by atoms with Gasteiger partial charge in [0, 0.05) is 19.6 Å². The molecule has 0 heterocycles. The number of hydrogen-bond donors (Lipinski definition) is 6. The molecule has 41 heavy (non-hydrogen) atoms. The number of aliphatic hydroxyl groups is 2. The summed E-state index contributed by atoms with van der Waals surface area (Å²) in [5.41, 5.74) is 1.66. The van der Waals surface area contributed by atoms with E-state index in [4.69, 9.17) is 19.3 Å². The molecule has 13 heteroatoms. The summed E-state index contributed by atoms with van der Waals surface area (Å²) in [6.07, 6.45) is -2.03. The molecule has 2 rings (SSSR count). The second-order valence-corrected chi connectivity index (χ2v) is 8.90. The van der Waals surface area contributed by atoms with Crippen molar-refractivity contribution in [1.82, 2.24) is 21.3 Å². The molecule has 224 valence electrons. The summed E-state index contributed by atoms with van der Waals surface area (Å²) in [6.45, 7) is -0.334. The van der Waals surface area contributed by atoms with Crippen LogP contribution in [0.5, 0.6) is 0 Å². The van der Waals surface area contributed by atoms with Crippen LogP contribution in [0.1, 0.15) is 30.4 Å². The Morgan fingerprint density at radius 1 is 0.683 bits per heavy atom. The van der Waals surface area contributed by atoms with Crippen molar-refractivity contribution in [3.63, 3.8) is 0 Å². The SMILES string of the molecule is O=C(NCCCCC(NC(=O)OCc1ccccc1)C(=O)NCCNC(=O)OCC(O)CO)OCc1ccccc1. The molecule has 4 amide bonds. The topological polar surface area (TPSA) is 185 Å². The van der Waals surface area contributed by atoms with Gasteiger partial charge >= 0.3 is 18.3 Å². The Balaban J connectivity index is 1.74. The molecule has 0 aliphatic carbocycles. The van der Waals surface area contributed by atoms with Crippen molar-refractivity contribution < 1.29 is 43.6 Å². The van der Waals surface area contributed by atoms with E-state index in [-0.39, 0.29) is 39.3 Å². The van der Waals surface area contributed by atoms with Crippen LogP contribution in [-0.4, -0.2) is 79.4 Å². The minimum atomic E-state index is -1.18. The molecule has 2 unspecified atom stereocenters. The average molecular weight is 575 g/mol. The van der Waals surface area contributed by atoms with Crippen molar-refractivity contribution >= 4 is 24.2 Å². The van der Waals surface area contributed by atoms with E-state index in [0.717, 1.165) is 11.1 Å². The second-order valence-electron chi connectivity index (χ2n) is 8.90. The fourth-order valence-corrected chi connectivity index (χ4v) is 3.36. The standard InChI is InChI=1S/C28H38N4O9/c33-17-23(34)20-41-27(37)31-16-15-29-25(35)24(32-28(38)40-19-22-11-5-2-6-12-22)13-7-8-14-30-26(36)39-18-21-9-3-1-4-10-21/h1-6,9-12,23-24,33-34H,7-8,13-20H2,(H,29,35)(H,30,36)(H,31,37)(H,32,38). The summed E-state index contributed by atoms with van der Waals surface area (Å²) >= 11 is 0. The van der Waals surface area contributed by atoms with Gasteiger partial charge in [-0.1, -0.05) is 60.7 Å². The molecule has 0 saturated carbocycles. The van der Waals surface area contributed by atoms with Gasteiger partial charge in [-0.05, 0) is 30.4 Å². The number of ether oxygens (including phenoxy) is 3. The lowest BCUT2D eigenvalue weighted by molar-refractivity contribution is -0.123. The molecule has 13 nitrogen and oxygen atoms in total. The van der Waals surface area contributed by atoms with Crippen LogP contribution < -0.4 is 21.3 Å². The maximum Gasteiger partial charge on any atom is 0.408 e. The largest absolute Gasteiger partial charge is 0.447 e. The van der Waals surface area contributed by atoms with E-state index in [0.29, 0.717) is 19.4 Å². The number of carbonyl (C=O) groups is 4. The third kappa shape index (κ3) is 15.1. The summed E-state index contributed by atoms with van der Waals surface area (Å²) in [7, 11) is 0. The predicted octanol–water partition coefficient (Wildman–Crippen LogP) is 1.57. The number of rotatable bonds is 17. The third-order valence-electron chi connectivity index (χ3n) is 5.53. The Kier molecular flexibility index (Phi) is 15.8. The van der Waals surface area contributed by atoms with Gasteiger partial charge in [0.2, 0.25) is 5.91 Å². The van der Waals surface area contributed by atoms with Crippen LogP contribution in [0.2, 0.25) is 0 Å². The lowest BCUT2D eigenvalue weighted by Crippen LogP contribution is -2.48. The smallest absolute Gasteiger partial charge is 0.408 e. The molecule has 0 bridgehead atoms. The highest BCUT2D eigenvalue weighted by Gasteiger charge is 2.21. The van der Waals surface area contributed by atoms with Crippen molar-refractivity contribution in [2.75, 3.05) is 32.8 Å². The number of aliphatic hydroxyl groups excluding tert-OH is 2. The van der Waals surface area contributed by atoms with Gasteiger partial charge < -0.3 is 45.7 Å². The monoisotopic (exact) mass is 574 g/mol. The molecule has 0 fully saturated rings. The van der Waals surface area contributed by atoms with Gasteiger partial charge in [0.25, 0.3) is 0 Å². The van der Waals surface area contributed by atoms with Crippen molar-refractivity contribution in [1.29, 1.82) is 0 Å². The van der Waals surface area contributed by atoms with Crippen molar-refractivity contribution in [2.24, 2.45) is 0 Å². The van der Waals surface area contributed by atoms with Gasteiger partial charge in [0.1, 0.15) is 32.0 Å². The first-order valence-electron chi connectivity index (χ1n) is 13.3. The number of nitrogens with one attached hydrogen (secondary N) is 4. The van der Waals surface area contributed by atoms with E-state index in [2.05, 4.69) is 21.3 Å². The van der Waals surface area contributed by atoms with Gasteiger partial charge in [-0.3, -0.25) is 4.79 Å². The fourth-order valence-electron chi connectivity index (χ4n) is 3.36. The summed E-state index contributed by atoms with van der Waals surface area (Å²) in [6, 6.07) is 17.4. The first kappa shape index (κ1) is 32.8. The van der Waals surface area contributed by atoms with E-state index in [1.54, 1.807) is 12.1 Å². The first-order valence-corrected chi connectivity index (χ1v) is 13.3. The number of amides is 4. The number of alkyl carbamates (subject to hydrolysis) is 3. The zero-order valence-electron chi connectivity index (χ0n) is 22.8. The second kappa shape index (κ2) is 19.7. The molecule has 0 aliphatic heterocycles. The molecule has 0 spiro atoms. The summed E-state index contributed by atoms with van der Waals surface area (Å²) in [5, 5.41) is 28.2. The molecule has 0 saturated heterocycles. The van der Waals surface area contributed by atoms with Gasteiger partial charge in [0.05, 0.1) is 6.61 Å². The predicted molar refractivity (Wildman–Crippen MR) is 147 cm³/mol. The van der Waals surface area contributed by atoms with Crippen LogP contribution in [0, 0.1) is 0 Å². The summed E-state index contributed by atoms with van der Waals surface area (Å²) in [4.78, 5) is 48.6. The van der Waals surface area contributed by atoms with Crippen LogP contribution in [0.3, 0.4) is 0 Å². The number of benzene rings is 2. The molecule has 0 aliphatic rings. The Morgan fingerprint density at radius 2 is 1.22 bits per heavy atom. The first-order chi connectivity index (χ1) is 19.9. The molecular formula is C28H38N4O9. The molecule has 0 aromatic heterocycles. The minimum Gasteiger partial charge on any atom is -0.447 e. The van der Waals surface area contributed by atoms with E-state index < -0.39 is 42.9 Å². The van der Waals surface area contributed by atoms with Gasteiger partial charge in [-0.25, -0.2) is 14.4 Å². The molecule has 2 atom stereocenters. The van der Waals surface area contributed by atoms with Crippen molar-refractivity contribution in [3.8, 4) is 0 Å². The molecule has 6 N–H and O–H groups in total. The highest BCUT2D eigenvalue weighted by Crippen LogP contribution is 2.05. The summed E-state index contributed by atoms with van der Waals surface area (Å²) in [5.74, 6) is -0.484. The van der Waals surface area contributed by atoms with Crippen LogP contribution in [0.4, 0.5) is 14.4 Å². The van der Waals surface area contributed by atoms with Crippen LogP contribution in [-0.2, 0) is 32.2 Å². The summed E-state index contributed by atoms with van der Waals surface area (Å²) < 4.78 is 15.1. The highest BCUT2D eigenvalue weighted by molar-refractivity contribution is 5.85. The van der Waals surface area contributed by atoms with Crippen LogP contribution in [0.25, 0.3) is 0 Å². The lowest BCUT2D eigenvalue weighted by atomic mass is 10.1. The van der Waals surface area contributed by atoms with E-state index in [1.807, 2.05) is 48.5 Å². The van der Waals surface area contributed by atoms with Gasteiger partial charge in [-0.15, -0.1) is 0 Å². The average Bonchev–Trinajstić information content (AvgIpc) is 3.00. The van der Waals surface area contributed by atoms with Crippen LogP contribution in [0.15, 0.2) is 60.7 Å². The fraction of sp³-hybridized carbons (Fsp3) is 0.429. The van der Waals surface area contributed by atoms with Crippen molar-refractivity contribution in [2.45, 2.75) is 44.6 Å². The van der Waals surface area contributed by atoms with Crippen molar-refractivity contribution in [3.05, 3.63) is 71.8 Å². The van der Waals surface area contributed by atoms with Gasteiger partial charge in [0.15, 0.2) is 0 Å². The quantitative estimate of drug-likeness (QED) is 0.121. The zero-order valence-corrected chi connectivity index (χ0v) is 22.8. The van der Waals surface area contributed by atoms with Gasteiger partial charge in [-0.2, -0.15) is 0 Å². The van der Waals surface area contributed by atoms with E-state index in [1.165, 1.54) is 0 Å². The number of carbonyl (C=O) groups excluding carboxylic acids is 4. The Hall–Kier alpha value is -4.36. The Morgan fingerprint density at radius 3 is 1.83 bits per heavy atom. The van der Waals surface area contributed by atoms with Crippen LogP contribution >= 0.6 is 0 Å². The maximum atomic E-state index is 12.8. The van der Waals surface area contributed by atoms with E-state index in [9.17, 15) is 24.3 Å².